The van der Waals surface area contributed by atoms with Crippen LogP contribution in [0.25, 0.3) is 0 Å². The topological polar surface area (TPSA) is 117 Å². The average Bonchev–Trinajstić information content (AvgIpc) is 3.42. The Hall–Kier alpha value is -2.65. The molecular weight excluding hydrogens is 510 g/mol. The predicted molar refractivity (Wildman–Crippen MR) is 153 cm³/mol. The molecule has 1 aromatic rings. The number of carbonyl (C=O) groups excluding carboxylic acids is 3. The number of ether oxygens (including phenoxy) is 2. The first-order chi connectivity index (χ1) is 19.1. The Kier molecular flexibility index (Phi) is 9.45. The highest BCUT2D eigenvalue weighted by Gasteiger charge is 2.79. The number of hydrogen-bond donors (Lipinski definition) is 3. The van der Waals surface area contributed by atoms with Gasteiger partial charge >= 0.3 is 0 Å². The smallest absolute Gasteiger partial charge is 0.246 e. The van der Waals surface area contributed by atoms with Gasteiger partial charge in [0.25, 0.3) is 0 Å². The number of nitrogens with zero attached hydrogens (tertiary/aromatic N) is 1. The minimum Gasteiger partial charge on any atom is -0.494 e. The van der Waals surface area contributed by atoms with Gasteiger partial charge in [-0.25, -0.2) is 0 Å². The Balaban J connectivity index is 1.63. The van der Waals surface area contributed by atoms with E-state index < -0.39 is 29.1 Å². The van der Waals surface area contributed by atoms with Crippen LogP contribution >= 0.6 is 0 Å². The molecule has 4 unspecified atom stereocenters. The van der Waals surface area contributed by atoms with E-state index in [1.807, 2.05) is 20.8 Å². The summed E-state index contributed by atoms with van der Waals surface area (Å²) in [7, 11) is 0. The molecule has 3 fully saturated rings. The van der Waals surface area contributed by atoms with Gasteiger partial charge in [-0.2, -0.15) is 0 Å². The van der Waals surface area contributed by atoms with Crippen molar-refractivity contribution in [2.45, 2.75) is 103 Å². The number of unbranched alkanes of at least 4 members (excludes halogenated alkanes) is 3. The molecule has 3 aliphatic heterocycles. The Bertz CT molecular complexity index is 1060. The first kappa shape index (κ1) is 30.3. The van der Waals surface area contributed by atoms with Crippen molar-refractivity contribution in [2.75, 3.05) is 25.1 Å². The number of carbonyl (C=O) groups is 3. The van der Waals surface area contributed by atoms with Crippen molar-refractivity contribution in [2.24, 2.45) is 17.8 Å². The Labute approximate surface area is 238 Å². The summed E-state index contributed by atoms with van der Waals surface area (Å²) in [6, 6.07) is 6.38. The molecule has 222 valence electrons. The van der Waals surface area contributed by atoms with E-state index in [4.69, 9.17) is 14.6 Å². The van der Waals surface area contributed by atoms with Crippen LogP contribution in [-0.2, 0) is 19.1 Å². The van der Waals surface area contributed by atoms with Crippen molar-refractivity contribution in [1.82, 2.24) is 10.2 Å². The fourth-order valence-corrected chi connectivity index (χ4v) is 7.28. The van der Waals surface area contributed by atoms with Gasteiger partial charge in [0.2, 0.25) is 17.7 Å². The van der Waals surface area contributed by atoms with Crippen LogP contribution in [-0.4, -0.2) is 70.8 Å². The fraction of sp³-hybridized carbons (Fsp3) is 0.710. The van der Waals surface area contributed by atoms with Gasteiger partial charge in [0.1, 0.15) is 17.4 Å². The maximum Gasteiger partial charge on any atom is 0.246 e. The maximum atomic E-state index is 14.2. The molecular formula is C31H47N3O6. The minimum atomic E-state index is -1.05. The molecule has 3 saturated heterocycles. The van der Waals surface area contributed by atoms with Gasteiger partial charge in [-0.1, -0.05) is 33.1 Å². The second-order valence-corrected chi connectivity index (χ2v) is 12.0. The normalized spacial score (nSPS) is 31.2. The lowest BCUT2D eigenvalue weighted by Gasteiger charge is -2.36. The van der Waals surface area contributed by atoms with E-state index in [1.165, 1.54) is 0 Å². The molecule has 3 aliphatic rings. The summed E-state index contributed by atoms with van der Waals surface area (Å²) in [5.41, 5.74) is -1.29. The number of anilines is 1. The van der Waals surface area contributed by atoms with E-state index in [-0.39, 0.29) is 36.3 Å². The van der Waals surface area contributed by atoms with Crippen LogP contribution in [0.1, 0.15) is 79.6 Å². The molecule has 0 saturated carbocycles. The van der Waals surface area contributed by atoms with Crippen LogP contribution in [0, 0.1) is 17.8 Å². The SMILES string of the molecule is CCCC(C)NC(=O)C1N(CCCCCCO)C(=O)[C@@H]2[C@H](C(=O)Nc3ccc(OCC)cc3)[C@@]3(C)OC12CC3C. The van der Waals surface area contributed by atoms with Crippen molar-refractivity contribution < 1.29 is 29.0 Å². The first-order valence-corrected chi connectivity index (χ1v) is 15.1. The number of amides is 3. The van der Waals surface area contributed by atoms with Crippen LogP contribution in [0.15, 0.2) is 24.3 Å². The van der Waals surface area contributed by atoms with Gasteiger partial charge in [0.05, 0.1) is 24.0 Å². The molecule has 9 heteroatoms. The zero-order valence-corrected chi connectivity index (χ0v) is 24.7. The van der Waals surface area contributed by atoms with Crippen molar-refractivity contribution in [1.29, 1.82) is 0 Å². The van der Waals surface area contributed by atoms with E-state index in [9.17, 15) is 14.4 Å². The number of aliphatic hydroxyl groups is 1. The zero-order valence-electron chi connectivity index (χ0n) is 24.7. The summed E-state index contributed by atoms with van der Waals surface area (Å²) in [6.07, 6.45) is 5.47. The van der Waals surface area contributed by atoms with E-state index in [0.717, 1.165) is 37.9 Å². The van der Waals surface area contributed by atoms with E-state index in [2.05, 4.69) is 24.5 Å². The number of rotatable bonds is 14. The van der Waals surface area contributed by atoms with Crippen LogP contribution in [0.4, 0.5) is 5.69 Å². The summed E-state index contributed by atoms with van der Waals surface area (Å²) in [4.78, 5) is 43.7. The third-order valence-corrected chi connectivity index (χ3v) is 9.20. The van der Waals surface area contributed by atoms with Crippen LogP contribution in [0.2, 0.25) is 0 Å². The lowest BCUT2D eigenvalue weighted by Crippen LogP contribution is -2.57. The monoisotopic (exact) mass is 557 g/mol. The quantitative estimate of drug-likeness (QED) is 0.299. The minimum absolute atomic E-state index is 0.0134. The van der Waals surface area contributed by atoms with E-state index >= 15 is 0 Å². The fourth-order valence-electron chi connectivity index (χ4n) is 7.28. The van der Waals surface area contributed by atoms with E-state index in [1.54, 1.807) is 29.2 Å². The van der Waals surface area contributed by atoms with Gasteiger partial charge in [-0.05, 0) is 76.6 Å². The Morgan fingerprint density at radius 3 is 2.50 bits per heavy atom. The second-order valence-electron chi connectivity index (χ2n) is 12.0. The van der Waals surface area contributed by atoms with Gasteiger partial charge in [-0.15, -0.1) is 0 Å². The maximum absolute atomic E-state index is 14.2. The highest BCUT2D eigenvalue weighted by atomic mass is 16.5. The largest absolute Gasteiger partial charge is 0.494 e. The lowest BCUT2D eigenvalue weighted by molar-refractivity contribution is -0.146. The number of likely N-dealkylation sites (tertiary alicyclic amines) is 1. The van der Waals surface area contributed by atoms with Gasteiger partial charge < -0.3 is 30.1 Å². The number of benzene rings is 1. The molecule has 4 rings (SSSR count). The molecule has 2 bridgehead atoms. The van der Waals surface area contributed by atoms with Crippen molar-refractivity contribution >= 4 is 23.4 Å². The molecule has 40 heavy (non-hydrogen) atoms. The molecule has 3 amide bonds. The molecule has 9 nitrogen and oxygen atoms in total. The molecule has 1 spiro atoms. The van der Waals surface area contributed by atoms with Crippen LogP contribution < -0.4 is 15.4 Å². The van der Waals surface area contributed by atoms with Crippen molar-refractivity contribution in [3.05, 3.63) is 24.3 Å². The van der Waals surface area contributed by atoms with Crippen molar-refractivity contribution in [3.63, 3.8) is 0 Å². The third-order valence-electron chi connectivity index (χ3n) is 9.20. The van der Waals surface area contributed by atoms with E-state index in [0.29, 0.717) is 31.7 Å². The van der Waals surface area contributed by atoms with Gasteiger partial charge in [-0.3, -0.25) is 14.4 Å². The number of nitrogens with one attached hydrogen (secondary N) is 2. The number of hydrogen-bond acceptors (Lipinski definition) is 6. The summed E-state index contributed by atoms with van der Waals surface area (Å²) < 4.78 is 12.3. The summed E-state index contributed by atoms with van der Waals surface area (Å²) in [5, 5.41) is 15.3. The molecule has 1 aromatic carbocycles. The predicted octanol–water partition coefficient (Wildman–Crippen LogP) is 3.89. The number of aliphatic hydroxyl groups excluding tert-OH is 1. The standard InChI is InChI=1S/C31H47N3O6/c1-6-12-21(4)32-28(37)26-31-19-20(3)30(5,40-31)24(25(31)29(38)34(26)17-10-8-9-11-18-35)27(36)33-22-13-15-23(16-14-22)39-7-2/h13-16,20-21,24-26,35H,6-12,17-19H2,1-5H3,(H,32,37)(H,33,36)/t20?,21?,24-,25+,26?,30+,31?/m1/s1. The Morgan fingerprint density at radius 1 is 1.15 bits per heavy atom. The summed E-state index contributed by atoms with van der Waals surface area (Å²) >= 11 is 0. The second kappa shape index (κ2) is 12.5. The van der Waals surface area contributed by atoms with Gasteiger partial charge in [0, 0.05) is 24.9 Å². The molecule has 3 heterocycles. The third kappa shape index (κ3) is 5.47. The average molecular weight is 558 g/mol. The molecule has 0 aromatic heterocycles. The molecule has 0 radical (unpaired) electrons. The molecule has 0 aliphatic carbocycles. The zero-order chi connectivity index (χ0) is 29.1. The van der Waals surface area contributed by atoms with Crippen LogP contribution in [0.5, 0.6) is 5.75 Å². The Morgan fingerprint density at radius 2 is 1.85 bits per heavy atom. The summed E-state index contributed by atoms with van der Waals surface area (Å²) in [5.74, 6) is -1.38. The first-order valence-electron chi connectivity index (χ1n) is 15.1. The van der Waals surface area contributed by atoms with Crippen LogP contribution in [0.3, 0.4) is 0 Å². The molecule has 3 N–H and O–H groups in total. The highest BCUT2D eigenvalue weighted by molar-refractivity contribution is 6.02. The van der Waals surface area contributed by atoms with Crippen molar-refractivity contribution in [3.8, 4) is 5.75 Å². The molecule has 7 atom stereocenters. The highest BCUT2D eigenvalue weighted by Crippen LogP contribution is 2.65. The van der Waals surface area contributed by atoms with Gasteiger partial charge in [0.15, 0.2) is 0 Å². The summed E-state index contributed by atoms with van der Waals surface area (Å²) in [6.45, 7) is 11.1. The lowest BCUT2D eigenvalue weighted by atomic mass is 9.62. The number of fused-ring (bicyclic) bond motifs is 1.